The van der Waals surface area contributed by atoms with E-state index in [1.54, 1.807) is 12.1 Å². The van der Waals surface area contributed by atoms with Crippen LogP contribution in [0.4, 0.5) is 0 Å². The van der Waals surface area contributed by atoms with Crippen LogP contribution in [0.15, 0.2) is 35.7 Å². The number of rotatable bonds is 3. The SMILES string of the molecule is C=C(C)c1ccc(S(=O)(=O)NC(C)=O)cc1. The highest BCUT2D eigenvalue weighted by Crippen LogP contribution is 2.15. The van der Waals surface area contributed by atoms with E-state index >= 15 is 0 Å². The van der Waals surface area contributed by atoms with Crippen LogP contribution in [0.5, 0.6) is 0 Å². The molecule has 1 aromatic rings. The van der Waals surface area contributed by atoms with Crippen molar-refractivity contribution in [2.24, 2.45) is 0 Å². The van der Waals surface area contributed by atoms with Crippen molar-refractivity contribution in [1.29, 1.82) is 0 Å². The molecule has 0 bridgehead atoms. The zero-order chi connectivity index (χ0) is 12.3. The van der Waals surface area contributed by atoms with Gasteiger partial charge in [0.25, 0.3) is 10.0 Å². The fraction of sp³-hybridized carbons (Fsp3) is 0.182. The van der Waals surface area contributed by atoms with Crippen molar-refractivity contribution in [1.82, 2.24) is 4.72 Å². The van der Waals surface area contributed by atoms with Crippen LogP contribution in [0.1, 0.15) is 19.4 Å². The Hall–Kier alpha value is -1.62. The lowest BCUT2D eigenvalue weighted by molar-refractivity contribution is -0.117. The van der Waals surface area contributed by atoms with E-state index in [2.05, 4.69) is 6.58 Å². The third kappa shape index (κ3) is 2.93. The fourth-order valence-electron chi connectivity index (χ4n) is 1.17. The Kier molecular flexibility index (Phi) is 3.49. The van der Waals surface area contributed by atoms with Crippen molar-refractivity contribution in [3.05, 3.63) is 36.4 Å². The van der Waals surface area contributed by atoms with Crippen LogP contribution in [-0.4, -0.2) is 14.3 Å². The highest BCUT2D eigenvalue weighted by Gasteiger charge is 2.14. The van der Waals surface area contributed by atoms with Gasteiger partial charge >= 0.3 is 0 Å². The molecule has 0 fully saturated rings. The van der Waals surface area contributed by atoms with Gasteiger partial charge in [-0.3, -0.25) is 4.79 Å². The van der Waals surface area contributed by atoms with E-state index in [0.29, 0.717) is 0 Å². The third-order valence-corrected chi connectivity index (χ3v) is 3.38. The summed E-state index contributed by atoms with van der Waals surface area (Å²) in [7, 11) is -3.73. The van der Waals surface area contributed by atoms with Gasteiger partial charge in [0, 0.05) is 6.92 Å². The van der Waals surface area contributed by atoms with Crippen molar-refractivity contribution in [3.63, 3.8) is 0 Å². The lowest BCUT2D eigenvalue weighted by atomic mass is 10.1. The third-order valence-electron chi connectivity index (χ3n) is 1.94. The summed E-state index contributed by atoms with van der Waals surface area (Å²) in [6, 6.07) is 6.18. The first-order chi connectivity index (χ1) is 7.33. The normalized spacial score (nSPS) is 10.9. The summed E-state index contributed by atoms with van der Waals surface area (Å²) >= 11 is 0. The Morgan fingerprint density at radius 2 is 1.69 bits per heavy atom. The Bertz CT molecular complexity index is 515. The van der Waals surface area contributed by atoms with E-state index in [1.165, 1.54) is 12.1 Å². The molecule has 0 aromatic heterocycles. The number of carbonyl (C=O) groups is 1. The largest absolute Gasteiger partial charge is 0.274 e. The van der Waals surface area contributed by atoms with Crippen molar-refractivity contribution in [2.75, 3.05) is 0 Å². The zero-order valence-electron chi connectivity index (χ0n) is 9.15. The summed E-state index contributed by atoms with van der Waals surface area (Å²) in [5, 5.41) is 0. The van der Waals surface area contributed by atoms with E-state index < -0.39 is 15.9 Å². The van der Waals surface area contributed by atoms with E-state index in [9.17, 15) is 13.2 Å². The van der Waals surface area contributed by atoms with E-state index in [-0.39, 0.29) is 4.90 Å². The Morgan fingerprint density at radius 1 is 1.19 bits per heavy atom. The van der Waals surface area contributed by atoms with Gasteiger partial charge in [-0.05, 0) is 24.6 Å². The molecule has 0 unspecified atom stereocenters. The first-order valence-electron chi connectivity index (χ1n) is 4.62. The van der Waals surface area contributed by atoms with Gasteiger partial charge < -0.3 is 0 Å². The van der Waals surface area contributed by atoms with Gasteiger partial charge in [0.1, 0.15) is 0 Å². The number of amides is 1. The molecule has 1 rings (SSSR count). The van der Waals surface area contributed by atoms with Crippen molar-refractivity contribution >= 4 is 21.5 Å². The van der Waals surface area contributed by atoms with Gasteiger partial charge in [-0.15, -0.1) is 0 Å². The molecular formula is C11H13NO3S. The van der Waals surface area contributed by atoms with E-state index in [0.717, 1.165) is 18.1 Å². The van der Waals surface area contributed by atoms with E-state index in [1.807, 2.05) is 11.6 Å². The Labute approximate surface area is 95.0 Å². The fourth-order valence-corrected chi connectivity index (χ4v) is 2.16. The minimum atomic E-state index is -3.73. The van der Waals surface area contributed by atoms with Crippen molar-refractivity contribution in [3.8, 4) is 0 Å². The molecule has 1 N–H and O–H groups in total. The first-order valence-corrected chi connectivity index (χ1v) is 6.10. The van der Waals surface area contributed by atoms with Crippen molar-refractivity contribution < 1.29 is 13.2 Å². The molecule has 1 amide bonds. The number of hydrogen-bond donors (Lipinski definition) is 1. The maximum absolute atomic E-state index is 11.6. The number of nitrogens with one attached hydrogen (secondary N) is 1. The summed E-state index contributed by atoms with van der Waals surface area (Å²) in [6.45, 7) is 6.73. The van der Waals surface area contributed by atoms with Gasteiger partial charge in [-0.2, -0.15) is 0 Å². The molecule has 0 aliphatic heterocycles. The molecule has 0 atom stereocenters. The van der Waals surface area contributed by atoms with Crippen LogP contribution in [-0.2, 0) is 14.8 Å². The lowest BCUT2D eigenvalue weighted by Gasteiger charge is -2.05. The number of sulfonamides is 1. The van der Waals surface area contributed by atoms with Crippen LogP contribution in [0, 0.1) is 0 Å². The molecule has 5 heteroatoms. The van der Waals surface area contributed by atoms with Gasteiger partial charge in [0.05, 0.1) is 4.90 Å². The molecule has 0 saturated heterocycles. The van der Waals surface area contributed by atoms with Crippen LogP contribution in [0.25, 0.3) is 5.57 Å². The van der Waals surface area contributed by atoms with Crippen LogP contribution >= 0.6 is 0 Å². The second kappa shape index (κ2) is 4.49. The van der Waals surface area contributed by atoms with Crippen molar-refractivity contribution in [2.45, 2.75) is 18.7 Å². The molecule has 16 heavy (non-hydrogen) atoms. The predicted molar refractivity (Wildman–Crippen MR) is 62.2 cm³/mol. The summed E-state index contributed by atoms with van der Waals surface area (Å²) < 4.78 is 25.0. The maximum atomic E-state index is 11.6. The Balaban J connectivity index is 3.07. The predicted octanol–water partition coefficient (Wildman–Crippen LogP) is 1.54. The molecule has 0 aliphatic carbocycles. The summed E-state index contributed by atoms with van der Waals surface area (Å²) in [5.74, 6) is -0.607. The molecule has 0 spiro atoms. The van der Waals surface area contributed by atoms with E-state index in [4.69, 9.17) is 0 Å². The van der Waals surface area contributed by atoms with Crippen LogP contribution in [0.2, 0.25) is 0 Å². The molecule has 1 aromatic carbocycles. The van der Waals surface area contributed by atoms with Crippen LogP contribution in [0.3, 0.4) is 0 Å². The van der Waals surface area contributed by atoms with Gasteiger partial charge in [0.15, 0.2) is 0 Å². The second-order valence-corrected chi connectivity index (χ2v) is 5.15. The average Bonchev–Trinajstić information content (AvgIpc) is 2.16. The quantitative estimate of drug-likeness (QED) is 0.870. The first kappa shape index (κ1) is 12.4. The molecular weight excluding hydrogens is 226 g/mol. The average molecular weight is 239 g/mol. The monoisotopic (exact) mass is 239 g/mol. The van der Waals surface area contributed by atoms with Gasteiger partial charge in [0.2, 0.25) is 5.91 Å². The number of benzene rings is 1. The zero-order valence-corrected chi connectivity index (χ0v) is 9.97. The number of allylic oxidation sites excluding steroid dienone is 1. The van der Waals surface area contributed by atoms with Gasteiger partial charge in [-0.1, -0.05) is 24.3 Å². The lowest BCUT2D eigenvalue weighted by Crippen LogP contribution is -2.28. The maximum Gasteiger partial charge on any atom is 0.264 e. The number of carbonyl (C=O) groups excluding carboxylic acids is 1. The highest BCUT2D eigenvalue weighted by atomic mass is 32.2. The molecule has 0 heterocycles. The minimum absolute atomic E-state index is 0.0627. The van der Waals surface area contributed by atoms with Crippen LogP contribution < -0.4 is 4.72 Å². The number of hydrogen-bond acceptors (Lipinski definition) is 3. The highest BCUT2D eigenvalue weighted by molar-refractivity contribution is 7.90. The summed E-state index contributed by atoms with van der Waals surface area (Å²) in [6.07, 6.45) is 0. The van der Waals surface area contributed by atoms with Gasteiger partial charge in [-0.25, -0.2) is 13.1 Å². The smallest absolute Gasteiger partial charge is 0.264 e. The molecule has 4 nitrogen and oxygen atoms in total. The molecule has 0 radical (unpaired) electrons. The Morgan fingerprint density at radius 3 is 2.06 bits per heavy atom. The minimum Gasteiger partial charge on any atom is -0.274 e. The summed E-state index contributed by atoms with van der Waals surface area (Å²) in [4.78, 5) is 10.8. The molecule has 0 saturated carbocycles. The second-order valence-electron chi connectivity index (χ2n) is 3.47. The standard InChI is InChI=1S/C11H13NO3S/c1-8(2)10-4-6-11(7-5-10)16(14,15)12-9(3)13/h4-7H,1H2,2-3H3,(H,12,13). The topological polar surface area (TPSA) is 63.2 Å². The molecule has 0 aliphatic rings. The summed E-state index contributed by atoms with van der Waals surface area (Å²) in [5.41, 5.74) is 1.71. The molecule has 86 valence electrons.